The minimum Gasteiger partial charge on any atom is -0.479 e. The monoisotopic (exact) mass is 285 g/mol. The summed E-state index contributed by atoms with van der Waals surface area (Å²) in [6, 6.07) is 5.29. The number of aliphatic hydroxyl groups excluding tert-OH is 1. The molecular formula is C10H8BrNO4. The van der Waals surface area contributed by atoms with E-state index < -0.39 is 12.1 Å². The van der Waals surface area contributed by atoms with Crippen molar-refractivity contribution in [3.63, 3.8) is 0 Å². The number of hydrogen-bond acceptors (Lipinski definition) is 4. The van der Waals surface area contributed by atoms with E-state index in [-0.39, 0.29) is 5.89 Å². The molecule has 1 unspecified atom stereocenters. The SMILES string of the molecule is O=C(O)C(O)c1nc2cc(CBr)ccc2o1. The van der Waals surface area contributed by atoms with Crippen molar-refractivity contribution in [2.45, 2.75) is 11.4 Å². The third kappa shape index (κ3) is 1.94. The van der Waals surface area contributed by atoms with Crippen molar-refractivity contribution >= 4 is 33.0 Å². The van der Waals surface area contributed by atoms with Crippen LogP contribution in [0.25, 0.3) is 11.1 Å². The first-order chi connectivity index (χ1) is 7.61. The van der Waals surface area contributed by atoms with Crippen molar-refractivity contribution in [3.8, 4) is 0 Å². The van der Waals surface area contributed by atoms with Gasteiger partial charge in [-0.1, -0.05) is 22.0 Å². The van der Waals surface area contributed by atoms with Crippen molar-refractivity contribution in [2.75, 3.05) is 0 Å². The highest BCUT2D eigenvalue weighted by molar-refractivity contribution is 9.08. The molecule has 0 aliphatic rings. The summed E-state index contributed by atoms with van der Waals surface area (Å²) in [5, 5.41) is 18.5. The zero-order valence-electron chi connectivity index (χ0n) is 8.05. The van der Waals surface area contributed by atoms with Crippen LogP contribution < -0.4 is 0 Å². The maximum atomic E-state index is 10.5. The quantitative estimate of drug-likeness (QED) is 0.841. The standard InChI is InChI=1S/C10H8BrNO4/c11-4-5-1-2-7-6(3-5)12-9(16-7)8(13)10(14)15/h1-3,8,13H,4H2,(H,14,15). The summed E-state index contributed by atoms with van der Waals surface area (Å²) >= 11 is 3.30. The van der Waals surface area contributed by atoms with E-state index in [1.807, 2.05) is 6.07 Å². The molecule has 2 rings (SSSR count). The van der Waals surface area contributed by atoms with Crippen LogP contribution in [0.2, 0.25) is 0 Å². The van der Waals surface area contributed by atoms with Gasteiger partial charge in [0.15, 0.2) is 5.58 Å². The van der Waals surface area contributed by atoms with Gasteiger partial charge >= 0.3 is 5.97 Å². The Labute approximate surface area is 98.8 Å². The van der Waals surface area contributed by atoms with Crippen LogP contribution in [-0.2, 0) is 10.1 Å². The fraction of sp³-hybridized carbons (Fsp3) is 0.200. The number of fused-ring (bicyclic) bond motifs is 1. The lowest BCUT2D eigenvalue weighted by Gasteiger charge is -1.96. The molecular weight excluding hydrogens is 278 g/mol. The third-order valence-electron chi connectivity index (χ3n) is 2.09. The van der Waals surface area contributed by atoms with Crippen LogP contribution in [0.5, 0.6) is 0 Å². The lowest BCUT2D eigenvalue weighted by molar-refractivity contribution is -0.148. The fourth-order valence-corrected chi connectivity index (χ4v) is 1.65. The molecule has 2 aromatic rings. The molecule has 1 heterocycles. The lowest BCUT2D eigenvalue weighted by atomic mass is 10.2. The van der Waals surface area contributed by atoms with Crippen molar-refractivity contribution in [1.82, 2.24) is 4.98 Å². The van der Waals surface area contributed by atoms with Crippen molar-refractivity contribution in [2.24, 2.45) is 0 Å². The summed E-state index contributed by atoms with van der Waals surface area (Å²) in [6.07, 6.45) is -1.72. The molecule has 0 aliphatic carbocycles. The molecule has 0 amide bonds. The summed E-state index contributed by atoms with van der Waals surface area (Å²) in [5.41, 5.74) is 1.99. The van der Waals surface area contributed by atoms with Gasteiger partial charge < -0.3 is 14.6 Å². The van der Waals surface area contributed by atoms with Crippen LogP contribution in [0.1, 0.15) is 17.6 Å². The highest BCUT2D eigenvalue weighted by atomic mass is 79.9. The molecule has 0 saturated heterocycles. The zero-order valence-corrected chi connectivity index (χ0v) is 9.64. The molecule has 1 aromatic carbocycles. The van der Waals surface area contributed by atoms with Gasteiger partial charge in [0, 0.05) is 5.33 Å². The maximum absolute atomic E-state index is 10.5. The number of carbonyl (C=O) groups is 1. The first-order valence-corrected chi connectivity index (χ1v) is 5.60. The molecule has 0 aliphatic heterocycles. The van der Waals surface area contributed by atoms with Gasteiger partial charge in [-0.25, -0.2) is 9.78 Å². The first-order valence-electron chi connectivity index (χ1n) is 4.48. The summed E-state index contributed by atoms with van der Waals surface area (Å²) < 4.78 is 5.13. The van der Waals surface area contributed by atoms with Gasteiger partial charge in [-0.2, -0.15) is 0 Å². The number of aromatic nitrogens is 1. The maximum Gasteiger partial charge on any atom is 0.342 e. The zero-order chi connectivity index (χ0) is 11.7. The number of oxazole rings is 1. The number of carboxylic acids is 1. The average Bonchev–Trinajstić information content (AvgIpc) is 2.69. The number of nitrogens with zero attached hydrogens (tertiary/aromatic N) is 1. The molecule has 1 atom stereocenters. The number of aliphatic hydroxyl groups is 1. The van der Waals surface area contributed by atoms with Crippen molar-refractivity contribution in [3.05, 3.63) is 29.7 Å². The summed E-state index contributed by atoms with van der Waals surface area (Å²) in [5.74, 6) is -1.58. The van der Waals surface area contributed by atoms with E-state index in [1.165, 1.54) is 0 Å². The Morgan fingerprint density at radius 2 is 2.31 bits per heavy atom. The Kier molecular flexibility index (Phi) is 2.93. The van der Waals surface area contributed by atoms with E-state index in [2.05, 4.69) is 20.9 Å². The minimum absolute atomic E-state index is 0.200. The second kappa shape index (κ2) is 4.23. The molecule has 2 N–H and O–H groups in total. The van der Waals surface area contributed by atoms with Crippen LogP contribution in [0, 0.1) is 0 Å². The van der Waals surface area contributed by atoms with Crippen LogP contribution in [0.3, 0.4) is 0 Å². The second-order valence-corrected chi connectivity index (χ2v) is 3.79. The number of halogens is 1. The molecule has 0 saturated carbocycles. The Morgan fingerprint density at radius 1 is 1.56 bits per heavy atom. The Bertz CT molecular complexity index is 537. The molecule has 0 fully saturated rings. The lowest BCUT2D eigenvalue weighted by Crippen LogP contribution is -2.10. The third-order valence-corrected chi connectivity index (χ3v) is 2.74. The van der Waals surface area contributed by atoms with Gasteiger partial charge in [0.05, 0.1) is 0 Å². The van der Waals surface area contributed by atoms with Gasteiger partial charge in [0.2, 0.25) is 12.0 Å². The first kappa shape index (κ1) is 11.1. The normalized spacial score (nSPS) is 12.9. The average molecular weight is 286 g/mol. The van der Waals surface area contributed by atoms with Crippen LogP contribution in [0.4, 0.5) is 0 Å². The van der Waals surface area contributed by atoms with Crippen molar-refractivity contribution < 1.29 is 19.4 Å². The Balaban J connectivity index is 2.47. The second-order valence-electron chi connectivity index (χ2n) is 3.23. The smallest absolute Gasteiger partial charge is 0.342 e. The summed E-state index contributed by atoms with van der Waals surface area (Å²) in [4.78, 5) is 14.5. The highest BCUT2D eigenvalue weighted by Crippen LogP contribution is 2.22. The largest absolute Gasteiger partial charge is 0.479 e. The van der Waals surface area contributed by atoms with E-state index in [9.17, 15) is 9.90 Å². The number of hydrogen-bond donors (Lipinski definition) is 2. The van der Waals surface area contributed by atoms with E-state index >= 15 is 0 Å². The predicted molar refractivity (Wildman–Crippen MR) is 59.2 cm³/mol. The Morgan fingerprint density at radius 3 is 2.94 bits per heavy atom. The van der Waals surface area contributed by atoms with E-state index in [1.54, 1.807) is 12.1 Å². The summed E-state index contributed by atoms with van der Waals surface area (Å²) in [6.45, 7) is 0. The Hall–Kier alpha value is -1.40. The van der Waals surface area contributed by atoms with Crippen LogP contribution in [-0.4, -0.2) is 21.2 Å². The highest BCUT2D eigenvalue weighted by Gasteiger charge is 2.22. The van der Waals surface area contributed by atoms with Gasteiger partial charge in [-0.15, -0.1) is 0 Å². The van der Waals surface area contributed by atoms with Gasteiger partial charge in [0.1, 0.15) is 5.52 Å². The van der Waals surface area contributed by atoms with E-state index in [0.717, 1.165) is 5.56 Å². The van der Waals surface area contributed by atoms with E-state index in [0.29, 0.717) is 16.4 Å². The summed E-state index contributed by atoms with van der Waals surface area (Å²) in [7, 11) is 0. The van der Waals surface area contributed by atoms with Gasteiger partial charge in [0.25, 0.3) is 0 Å². The number of benzene rings is 1. The minimum atomic E-state index is -1.72. The van der Waals surface area contributed by atoms with Crippen molar-refractivity contribution in [1.29, 1.82) is 0 Å². The molecule has 5 nitrogen and oxygen atoms in total. The molecule has 84 valence electrons. The molecule has 1 aromatic heterocycles. The predicted octanol–water partition coefficient (Wildman–Crippen LogP) is 1.84. The topological polar surface area (TPSA) is 83.6 Å². The molecule has 0 spiro atoms. The molecule has 6 heteroatoms. The molecule has 0 radical (unpaired) electrons. The van der Waals surface area contributed by atoms with Gasteiger partial charge in [-0.3, -0.25) is 0 Å². The molecule has 0 bridgehead atoms. The van der Waals surface area contributed by atoms with E-state index in [4.69, 9.17) is 9.52 Å². The number of rotatable bonds is 3. The number of aliphatic carboxylic acids is 1. The molecule has 16 heavy (non-hydrogen) atoms. The number of alkyl halides is 1. The number of carboxylic acid groups (broad SMARTS) is 1. The van der Waals surface area contributed by atoms with Gasteiger partial charge in [-0.05, 0) is 17.7 Å². The van der Waals surface area contributed by atoms with Crippen LogP contribution >= 0.6 is 15.9 Å². The van der Waals surface area contributed by atoms with Crippen LogP contribution in [0.15, 0.2) is 22.6 Å². The fourth-order valence-electron chi connectivity index (χ4n) is 1.30.